The van der Waals surface area contributed by atoms with Gasteiger partial charge in [-0.05, 0) is 25.0 Å². The Morgan fingerprint density at radius 1 is 1.29 bits per heavy atom. The standard InChI is InChI=1S/C16H18N4O/c1-16(2)8-13(21)19-20-14(16)10-5-6-11-12(7-10)18-15(17-11)9-3-4-9/h5-7,9H,3-4,8H2,1-2H3,(H,17,18)(H,19,21). The van der Waals surface area contributed by atoms with E-state index < -0.39 is 0 Å². The Kier molecular flexibility index (Phi) is 2.49. The minimum absolute atomic E-state index is 0.0272. The first-order chi connectivity index (χ1) is 10.0. The lowest BCUT2D eigenvalue weighted by molar-refractivity contribution is -0.122. The van der Waals surface area contributed by atoms with E-state index in [4.69, 9.17) is 4.98 Å². The quantitative estimate of drug-likeness (QED) is 0.889. The van der Waals surface area contributed by atoms with E-state index in [9.17, 15) is 4.79 Å². The smallest absolute Gasteiger partial charge is 0.241 e. The molecule has 2 aromatic rings. The molecule has 5 nitrogen and oxygen atoms in total. The maximum atomic E-state index is 11.5. The molecule has 21 heavy (non-hydrogen) atoms. The van der Waals surface area contributed by atoms with Crippen LogP contribution in [0.3, 0.4) is 0 Å². The predicted octanol–water partition coefficient (Wildman–Crippen LogP) is 2.69. The van der Waals surface area contributed by atoms with E-state index in [1.807, 2.05) is 0 Å². The van der Waals surface area contributed by atoms with Gasteiger partial charge in [-0.2, -0.15) is 5.10 Å². The number of hydrogen-bond acceptors (Lipinski definition) is 3. The Bertz CT molecular complexity index is 768. The van der Waals surface area contributed by atoms with Crippen molar-refractivity contribution in [2.75, 3.05) is 0 Å². The topological polar surface area (TPSA) is 70.1 Å². The Labute approximate surface area is 122 Å². The third-order valence-electron chi connectivity index (χ3n) is 4.27. The van der Waals surface area contributed by atoms with Gasteiger partial charge in [-0.15, -0.1) is 0 Å². The molecule has 0 bridgehead atoms. The number of aromatic nitrogens is 2. The largest absolute Gasteiger partial charge is 0.342 e. The molecule has 1 saturated carbocycles. The van der Waals surface area contributed by atoms with Crippen LogP contribution in [0.5, 0.6) is 0 Å². The van der Waals surface area contributed by atoms with Gasteiger partial charge in [0.1, 0.15) is 5.82 Å². The molecule has 2 N–H and O–H groups in total. The van der Waals surface area contributed by atoms with Gasteiger partial charge in [-0.1, -0.05) is 19.9 Å². The molecule has 0 atom stereocenters. The number of amides is 1. The number of aromatic amines is 1. The van der Waals surface area contributed by atoms with Gasteiger partial charge >= 0.3 is 0 Å². The number of nitrogens with zero attached hydrogens (tertiary/aromatic N) is 2. The Hall–Kier alpha value is -2.17. The highest BCUT2D eigenvalue weighted by Crippen LogP contribution is 2.39. The molecule has 0 spiro atoms. The van der Waals surface area contributed by atoms with Gasteiger partial charge in [-0.25, -0.2) is 10.4 Å². The molecule has 1 aliphatic carbocycles. The van der Waals surface area contributed by atoms with Crippen molar-refractivity contribution in [3.05, 3.63) is 29.6 Å². The van der Waals surface area contributed by atoms with Crippen molar-refractivity contribution in [2.24, 2.45) is 10.5 Å². The lowest BCUT2D eigenvalue weighted by Gasteiger charge is -2.29. The lowest BCUT2D eigenvalue weighted by atomic mass is 9.79. The predicted molar refractivity (Wildman–Crippen MR) is 81.1 cm³/mol. The van der Waals surface area contributed by atoms with E-state index in [2.05, 4.69) is 47.6 Å². The van der Waals surface area contributed by atoms with Crippen LogP contribution in [0.2, 0.25) is 0 Å². The fourth-order valence-corrected chi connectivity index (χ4v) is 2.97. The van der Waals surface area contributed by atoms with Gasteiger partial charge in [0.2, 0.25) is 5.91 Å². The molecule has 5 heteroatoms. The van der Waals surface area contributed by atoms with Crippen LogP contribution in [-0.4, -0.2) is 21.6 Å². The summed E-state index contributed by atoms with van der Waals surface area (Å²) in [4.78, 5) is 19.6. The zero-order valence-corrected chi connectivity index (χ0v) is 12.2. The summed E-state index contributed by atoms with van der Waals surface area (Å²) in [6.45, 7) is 4.10. The second-order valence-corrected chi connectivity index (χ2v) is 6.68. The van der Waals surface area contributed by atoms with E-state index in [1.54, 1.807) is 0 Å². The number of imidazole rings is 1. The van der Waals surface area contributed by atoms with Crippen molar-refractivity contribution in [1.82, 2.24) is 15.4 Å². The number of benzene rings is 1. The summed E-state index contributed by atoms with van der Waals surface area (Å²) in [6, 6.07) is 6.17. The number of fused-ring (bicyclic) bond motifs is 1. The fourth-order valence-electron chi connectivity index (χ4n) is 2.97. The minimum Gasteiger partial charge on any atom is -0.342 e. The highest BCUT2D eigenvalue weighted by atomic mass is 16.2. The normalized spacial score (nSPS) is 21.2. The second kappa shape index (κ2) is 4.16. The molecule has 2 heterocycles. The number of carbonyl (C=O) groups excluding carboxylic acids is 1. The van der Waals surface area contributed by atoms with Crippen molar-refractivity contribution >= 4 is 22.7 Å². The average molecular weight is 282 g/mol. The first-order valence-electron chi connectivity index (χ1n) is 7.40. The number of carbonyl (C=O) groups is 1. The maximum Gasteiger partial charge on any atom is 0.241 e. The van der Waals surface area contributed by atoms with E-state index >= 15 is 0 Å². The molecule has 0 saturated heterocycles. The van der Waals surface area contributed by atoms with E-state index in [-0.39, 0.29) is 11.3 Å². The Morgan fingerprint density at radius 2 is 2.10 bits per heavy atom. The SMILES string of the molecule is CC1(C)CC(=O)NN=C1c1ccc2[nH]c(C3CC3)nc2c1. The molecular formula is C16H18N4O. The van der Waals surface area contributed by atoms with Crippen molar-refractivity contribution in [3.8, 4) is 0 Å². The highest BCUT2D eigenvalue weighted by Gasteiger charge is 2.33. The monoisotopic (exact) mass is 282 g/mol. The van der Waals surface area contributed by atoms with Gasteiger partial charge in [0.05, 0.1) is 16.7 Å². The van der Waals surface area contributed by atoms with E-state index in [0.717, 1.165) is 28.1 Å². The molecular weight excluding hydrogens is 264 g/mol. The number of hydrazone groups is 1. The van der Waals surface area contributed by atoms with Crippen molar-refractivity contribution in [2.45, 2.75) is 39.0 Å². The molecule has 108 valence electrons. The number of hydrogen-bond donors (Lipinski definition) is 2. The molecule has 0 radical (unpaired) electrons. The zero-order valence-electron chi connectivity index (χ0n) is 12.2. The van der Waals surface area contributed by atoms with Crippen LogP contribution in [0, 0.1) is 5.41 Å². The maximum absolute atomic E-state index is 11.5. The molecule has 4 rings (SSSR count). The highest BCUT2D eigenvalue weighted by molar-refractivity contribution is 6.09. The number of H-pyrrole nitrogens is 1. The van der Waals surface area contributed by atoms with Gasteiger partial charge in [0.15, 0.2) is 0 Å². The Balaban J connectivity index is 1.77. The number of rotatable bonds is 2. The number of nitrogens with one attached hydrogen (secondary N) is 2. The third-order valence-corrected chi connectivity index (χ3v) is 4.27. The van der Waals surface area contributed by atoms with Crippen molar-refractivity contribution < 1.29 is 4.79 Å². The van der Waals surface area contributed by atoms with Crippen LogP contribution < -0.4 is 5.43 Å². The first-order valence-corrected chi connectivity index (χ1v) is 7.40. The molecule has 0 unspecified atom stereocenters. The second-order valence-electron chi connectivity index (χ2n) is 6.68. The molecule has 1 fully saturated rings. The van der Waals surface area contributed by atoms with Gasteiger partial charge in [-0.3, -0.25) is 4.79 Å². The Morgan fingerprint density at radius 3 is 2.81 bits per heavy atom. The first kappa shape index (κ1) is 12.6. The summed E-state index contributed by atoms with van der Waals surface area (Å²) in [7, 11) is 0. The van der Waals surface area contributed by atoms with Crippen LogP contribution in [-0.2, 0) is 4.79 Å². The van der Waals surface area contributed by atoms with Gasteiger partial charge < -0.3 is 4.98 Å². The lowest BCUT2D eigenvalue weighted by Crippen LogP contribution is -2.39. The van der Waals surface area contributed by atoms with Crippen LogP contribution in [0.25, 0.3) is 11.0 Å². The summed E-state index contributed by atoms with van der Waals surface area (Å²) < 4.78 is 0. The van der Waals surface area contributed by atoms with Crippen LogP contribution in [0.15, 0.2) is 23.3 Å². The van der Waals surface area contributed by atoms with Gasteiger partial charge in [0.25, 0.3) is 0 Å². The molecule has 2 aliphatic rings. The van der Waals surface area contributed by atoms with E-state index in [0.29, 0.717) is 12.3 Å². The minimum atomic E-state index is -0.258. The summed E-state index contributed by atoms with van der Waals surface area (Å²) in [6.07, 6.45) is 2.93. The average Bonchev–Trinajstić information content (AvgIpc) is 3.17. The summed E-state index contributed by atoms with van der Waals surface area (Å²) in [5.41, 5.74) is 6.32. The van der Waals surface area contributed by atoms with E-state index in [1.165, 1.54) is 12.8 Å². The van der Waals surface area contributed by atoms with Crippen LogP contribution in [0.1, 0.15) is 50.4 Å². The fraction of sp³-hybridized carbons (Fsp3) is 0.438. The zero-order chi connectivity index (χ0) is 14.6. The summed E-state index contributed by atoms with van der Waals surface area (Å²) in [5, 5.41) is 4.27. The van der Waals surface area contributed by atoms with Crippen molar-refractivity contribution in [1.29, 1.82) is 0 Å². The molecule has 1 aromatic heterocycles. The summed E-state index contributed by atoms with van der Waals surface area (Å²) >= 11 is 0. The van der Waals surface area contributed by atoms with Gasteiger partial charge in [0, 0.05) is 23.3 Å². The molecule has 1 amide bonds. The van der Waals surface area contributed by atoms with Crippen LogP contribution >= 0.6 is 0 Å². The summed E-state index contributed by atoms with van der Waals surface area (Å²) in [5.74, 6) is 1.68. The molecule has 1 aliphatic heterocycles. The van der Waals surface area contributed by atoms with Crippen molar-refractivity contribution in [3.63, 3.8) is 0 Å². The third kappa shape index (κ3) is 2.13. The van der Waals surface area contributed by atoms with Crippen LogP contribution in [0.4, 0.5) is 0 Å². The molecule has 1 aromatic carbocycles.